The fourth-order valence-electron chi connectivity index (χ4n) is 2.89. The summed E-state index contributed by atoms with van der Waals surface area (Å²) in [7, 11) is 1.37. The van der Waals surface area contributed by atoms with Gasteiger partial charge in [-0.1, -0.05) is 5.16 Å². The molecule has 0 radical (unpaired) electrons. The first kappa shape index (κ1) is 17.4. The first-order chi connectivity index (χ1) is 12.1. The van der Waals surface area contributed by atoms with Gasteiger partial charge in [-0.15, -0.1) is 0 Å². The summed E-state index contributed by atoms with van der Waals surface area (Å²) >= 11 is 0. The van der Waals surface area contributed by atoms with Crippen LogP contribution in [0, 0.1) is 12.8 Å². The molecule has 7 heteroatoms. The highest BCUT2D eigenvalue weighted by molar-refractivity contribution is 5.72. The summed E-state index contributed by atoms with van der Waals surface area (Å²) in [6.07, 6.45) is 0.355. The van der Waals surface area contributed by atoms with Crippen LogP contribution in [0.3, 0.4) is 0 Å². The maximum absolute atomic E-state index is 11.6. The maximum Gasteiger partial charge on any atom is 0.311 e. The van der Waals surface area contributed by atoms with Gasteiger partial charge in [-0.05, 0) is 31.2 Å². The van der Waals surface area contributed by atoms with Gasteiger partial charge in [0.15, 0.2) is 5.76 Å². The van der Waals surface area contributed by atoms with Crippen LogP contribution in [0.1, 0.15) is 17.7 Å². The molecule has 2 aromatic rings. The van der Waals surface area contributed by atoms with Crippen LogP contribution in [0.15, 0.2) is 28.8 Å². The molecule has 1 fully saturated rings. The second-order valence-electron chi connectivity index (χ2n) is 5.99. The number of methoxy groups -OCH3 is 1. The molecule has 0 spiro atoms. The zero-order valence-corrected chi connectivity index (χ0v) is 14.2. The Morgan fingerprint density at radius 3 is 2.76 bits per heavy atom. The Bertz CT molecular complexity index is 724. The monoisotopic (exact) mass is 347 g/mol. The van der Waals surface area contributed by atoms with Crippen LogP contribution in [-0.4, -0.2) is 42.7 Å². The molecule has 1 N–H and O–H groups in total. The highest BCUT2D eigenvalue weighted by Gasteiger charge is 2.30. The fraction of sp³-hybridized carbons (Fsp3) is 0.444. The number of aliphatic hydroxyl groups is 1. The second kappa shape index (κ2) is 7.67. The molecule has 134 valence electrons. The molecule has 3 rings (SSSR count). The summed E-state index contributed by atoms with van der Waals surface area (Å²) in [5, 5.41) is 13.3. The zero-order chi connectivity index (χ0) is 17.8. The molecule has 0 aliphatic carbocycles. The molecule has 7 nitrogen and oxygen atoms in total. The largest absolute Gasteiger partial charge is 0.488 e. The van der Waals surface area contributed by atoms with E-state index in [2.05, 4.69) is 5.16 Å². The highest BCUT2D eigenvalue weighted by Crippen LogP contribution is 2.29. The summed E-state index contributed by atoms with van der Waals surface area (Å²) in [5.74, 6) is 0.649. The van der Waals surface area contributed by atoms with Crippen molar-refractivity contribution in [2.45, 2.75) is 26.1 Å². The number of aliphatic hydroxyl groups excluding tert-OH is 1. The Kier molecular flexibility index (Phi) is 5.35. The van der Waals surface area contributed by atoms with E-state index < -0.39 is 0 Å². The molecule has 0 bridgehead atoms. The predicted molar refractivity (Wildman–Crippen MR) is 88.0 cm³/mol. The smallest absolute Gasteiger partial charge is 0.311 e. The van der Waals surface area contributed by atoms with Crippen LogP contribution in [0.5, 0.6) is 5.75 Å². The van der Waals surface area contributed by atoms with Crippen molar-refractivity contribution in [3.05, 3.63) is 35.5 Å². The molecule has 0 saturated carbocycles. The predicted octanol–water partition coefficient (Wildman–Crippen LogP) is 2.10. The molecule has 1 aromatic heterocycles. The van der Waals surface area contributed by atoms with Crippen LogP contribution in [-0.2, 0) is 20.9 Å². The van der Waals surface area contributed by atoms with E-state index in [0.29, 0.717) is 42.4 Å². The second-order valence-corrected chi connectivity index (χ2v) is 5.99. The van der Waals surface area contributed by atoms with E-state index in [0.717, 1.165) is 5.56 Å². The number of nitrogens with zero attached hydrogens (tertiary/aromatic N) is 1. The number of carbonyl (C=O) groups is 1. The fourth-order valence-corrected chi connectivity index (χ4v) is 2.89. The lowest BCUT2D eigenvalue weighted by atomic mass is 10.0. The molecule has 1 aromatic carbocycles. The summed E-state index contributed by atoms with van der Waals surface area (Å²) in [6, 6.07) is 7.32. The van der Waals surface area contributed by atoms with Gasteiger partial charge in [0.25, 0.3) is 0 Å². The zero-order valence-electron chi connectivity index (χ0n) is 14.2. The van der Waals surface area contributed by atoms with E-state index in [9.17, 15) is 9.90 Å². The average Bonchev–Trinajstić information content (AvgIpc) is 3.02. The third-order valence-corrected chi connectivity index (χ3v) is 4.27. The SMILES string of the molecule is COC(=O)[C@@H]1COC[C@@H](Oc2ccc(-c3onc(C)c3CO)cc2)C1. The minimum atomic E-state index is -0.299. The molecule has 1 aliphatic rings. The van der Waals surface area contributed by atoms with Crippen LogP contribution in [0.2, 0.25) is 0 Å². The lowest BCUT2D eigenvalue weighted by molar-refractivity contribution is -0.152. The van der Waals surface area contributed by atoms with Crippen LogP contribution >= 0.6 is 0 Å². The standard InChI is InChI=1S/C18H21NO6/c1-11-16(8-20)17(25-19-11)12-3-5-14(6-4-12)24-15-7-13(9-23-10-15)18(21)22-2/h3-6,13,15,20H,7-10H2,1-2H3/t13-,15-/m0/s1. The first-order valence-electron chi connectivity index (χ1n) is 8.11. The minimum absolute atomic E-state index is 0.128. The number of hydrogen-bond acceptors (Lipinski definition) is 7. The van der Waals surface area contributed by atoms with Crippen LogP contribution in [0.4, 0.5) is 0 Å². The quantitative estimate of drug-likeness (QED) is 0.828. The molecule has 2 heterocycles. The van der Waals surface area contributed by atoms with Gasteiger partial charge in [-0.25, -0.2) is 0 Å². The molecule has 25 heavy (non-hydrogen) atoms. The number of carbonyl (C=O) groups excluding carboxylic acids is 1. The van der Waals surface area contributed by atoms with E-state index in [-0.39, 0.29) is 24.6 Å². The number of hydrogen-bond donors (Lipinski definition) is 1. The van der Waals surface area contributed by atoms with Gasteiger partial charge in [0, 0.05) is 17.5 Å². The van der Waals surface area contributed by atoms with Crippen LogP contribution in [0.25, 0.3) is 11.3 Å². The van der Waals surface area contributed by atoms with Crippen molar-refractivity contribution in [2.75, 3.05) is 20.3 Å². The third-order valence-electron chi connectivity index (χ3n) is 4.27. The highest BCUT2D eigenvalue weighted by atomic mass is 16.5. The topological polar surface area (TPSA) is 91.0 Å². The van der Waals surface area contributed by atoms with Gasteiger partial charge in [-0.2, -0.15) is 0 Å². The number of aromatic nitrogens is 1. The summed E-state index contributed by atoms with van der Waals surface area (Å²) in [4.78, 5) is 11.6. The number of ether oxygens (including phenoxy) is 3. The Morgan fingerprint density at radius 1 is 1.32 bits per heavy atom. The van der Waals surface area contributed by atoms with Gasteiger partial charge in [0.2, 0.25) is 0 Å². The average molecular weight is 347 g/mol. The van der Waals surface area contributed by atoms with Crippen molar-refractivity contribution in [3.63, 3.8) is 0 Å². The molecule has 1 aliphatic heterocycles. The van der Waals surface area contributed by atoms with Crippen molar-refractivity contribution >= 4 is 5.97 Å². The molecule has 2 atom stereocenters. The lowest BCUT2D eigenvalue weighted by Gasteiger charge is -2.28. The lowest BCUT2D eigenvalue weighted by Crippen LogP contribution is -2.37. The normalized spacial score (nSPS) is 20.3. The van der Waals surface area contributed by atoms with Crippen LogP contribution < -0.4 is 4.74 Å². The van der Waals surface area contributed by atoms with Gasteiger partial charge in [0.1, 0.15) is 11.9 Å². The Labute approximate surface area is 145 Å². The van der Waals surface area contributed by atoms with E-state index in [1.54, 1.807) is 6.92 Å². The number of aryl methyl sites for hydroxylation is 1. The molecular formula is C18H21NO6. The first-order valence-corrected chi connectivity index (χ1v) is 8.11. The Balaban J connectivity index is 1.67. The van der Waals surface area contributed by atoms with Crippen molar-refractivity contribution in [3.8, 4) is 17.1 Å². The molecule has 0 amide bonds. The van der Waals surface area contributed by atoms with E-state index in [4.69, 9.17) is 18.7 Å². The number of benzene rings is 1. The summed E-state index contributed by atoms with van der Waals surface area (Å²) in [6.45, 7) is 2.46. The third kappa shape index (κ3) is 3.83. The Hall–Kier alpha value is -2.38. The summed E-state index contributed by atoms with van der Waals surface area (Å²) in [5.41, 5.74) is 2.16. The van der Waals surface area contributed by atoms with Crippen molar-refractivity contribution in [1.82, 2.24) is 5.16 Å². The van der Waals surface area contributed by atoms with Gasteiger partial charge >= 0.3 is 5.97 Å². The van der Waals surface area contributed by atoms with E-state index >= 15 is 0 Å². The van der Waals surface area contributed by atoms with Crippen molar-refractivity contribution < 1.29 is 28.6 Å². The molecule has 1 saturated heterocycles. The van der Waals surface area contributed by atoms with Crippen molar-refractivity contribution in [2.24, 2.45) is 5.92 Å². The van der Waals surface area contributed by atoms with Gasteiger partial charge in [0.05, 0.1) is 38.5 Å². The molecule has 0 unspecified atom stereocenters. The summed E-state index contributed by atoms with van der Waals surface area (Å²) < 4.78 is 21.4. The van der Waals surface area contributed by atoms with E-state index in [1.807, 2.05) is 24.3 Å². The minimum Gasteiger partial charge on any atom is -0.488 e. The Morgan fingerprint density at radius 2 is 2.08 bits per heavy atom. The maximum atomic E-state index is 11.6. The van der Waals surface area contributed by atoms with Gasteiger partial charge in [-0.3, -0.25) is 4.79 Å². The van der Waals surface area contributed by atoms with E-state index in [1.165, 1.54) is 7.11 Å². The number of esters is 1. The van der Waals surface area contributed by atoms with Gasteiger partial charge < -0.3 is 23.8 Å². The molecular weight excluding hydrogens is 326 g/mol. The van der Waals surface area contributed by atoms with Crippen molar-refractivity contribution in [1.29, 1.82) is 0 Å². The number of rotatable bonds is 5.